The fourth-order valence-corrected chi connectivity index (χ4v) is 3.46. The van der Waals surface area contributed by atoms with Gasteiger partial charge >= 0.3 is 0 Å². The largest absolute Gasteiger partial charge is 0.489 e. The number of halogens is 2. The van der Waals surface area contributed by atoms with Crippen LogP contribution < -0.4 is 9.64 Å². The van der Waals surface area contributed by atoms with Crippen molar-refractivity contribution in [2.24, 2.45) is 0 Å². The third-order valence-electron chi connectivity index (χ3n) is 4.57. The van der Waals surface area contributed by atoms with Crippen LogP contribution >= 0.6 is 0 Å². The van der Waals surface area contributed by atoms with Crippen LogP contribution in [0.4, 0.5) is 14.7 Å². The molecule has 1 aromatic carbocycles. The zero-order chi connectivity index (χ0) is 16.5. The molecule has 2 fully saturated rings. The normalized spacial score (nSPS) is 24.0. The average molecular weight is 332 g/mol. The van der Waals surface area contributed by atoms with Crippen molar-refractivity contribution < 1.29 is 13.5 Å². The van der Waals surface area contributed by atoms with Gasteiger partial charge in [-0.2, -0.15) is 0 Å². The van der Waals surface area contributed by atoms with E-state index in [0.29, 0.717) is 17.7 Å². The van der Waals surface area contributed by atoms with Gasteiger partial charge in [0.15, 0.2) is 5.82 Å². The van der Waals surface area contributed by atoms with Crippen molar-refractivity contribution in [2.75, 3.05) is 31.1 Å². The molecule has 0 N–H and O–H groups in total. The van der Waals surface area contributed by atoms with Gasteiger partial charge in [-0.25, -0.2) is 18.7 Å². The molecule has 5 nitrogen and oxygen atoms in total. The molecule has 3 heterocycles. The summed E-state index contributed by atoms with van der Waals surface area (Å²) in [5, 5.41) is 0. The standard InChI is InChI=1S/C17H18F2N4O/c18-12-2-1-3-15(6-12)24-16-7-14-10-23(5-4-22(14)11-16)17-20-8-13(19)9-21-17/h1-3,6,8-9,14,16H,4-5,7,10-11H2/t14-,16+/m0/s1. The molecule has 24 heavy (non-hydrogen) atoms. The first-order valence-electron chi connectivity index (χ1n) is 8.06. The highest BCUT2D eigenvalue weighted by molar-refractivity contribution is 5.31. The number of rotatable bonds is 3. The minimum Gasteiger partial charge on any atom is -0.489 e. The van der Waals surface area contributed by atoms with Gasteiger partial charge in [-0.1, -0.05) is 6.07 Å². The number of piperazine rings is 1. The van der Waals surface area contributed by atoms with E-state index in [9.17, 15) is 8.78 Å². The Morgan fingerprint density at radius 2 is 1.88 bits per heavy atom. The summed E-state index contributed by atoms with van der Waals surface area (Å²) >= 11 is 0. The molecule has 2 saturated heterocycles. The van der Waals surface area contributed by atoms with E-state index < -0.39 is 5.82 Å². The molecule has 2 aliphatic heterocycles. The monoisotopic (exact) mass is 332 g/mol. The fraction of sp³-hybridized carbons (Fsp3) is 0.412. The molecule has 126 valence electrons. The van der Waals surface area contributed by atoms with Crippen molar-refractivity contribution >= 4 is 5.95 Å². The molecule has 1 aromatic heterocycles. The van der Waals surface area contributed by atoms with Crippen LogP contribution in [0.2, 0.25) is 0 Å². The second-order valence-electron chi connectivity index (χ2n) is 6.23. The maximum Gasteiger partial charge on any atom is 0.225 e. The highest BCUT2D eigenvalue weighted by Gasteiger charge is 2.37. The number of benzene rings is 1. The van der Waals surface area contributed by atoms with Crippen LogP contribution in [0.5, 0.6) is 5.75 Å². The zero-order valence-corrected chi connectivity index (χ0v) is 13.1. The van der Waals surface area contributed by atoms with E-state index in [2.05, 4.69) is 19.8 Å². The number of nitrogens with zero attached hydrogens (tertiary/aromatic N) is 4. The number of hydrogen-bond acceptors (Lipinski definition) is 5. The summed E-state index contributed by atoms with van der Waals surface area (Å²) in [6.45, 7) is 3.30. The number of ether oxygens (including phenoxy) is 1. The Balaban J connectivity index is 1.39. The molecular weight excluding hydrogens is 314 g/mol. The third kappa shape index (κ3) is 3.17. The van der Waals surface area contributed by atoms with E-state index in [1.54, 1.807) is 12.1 Å². The first-order valence-corrected chi connectivity index (χ1v) is 8.06. The van der Waals surface area contributed by atoms with Crippen molar-refractivity contribution in [3.63, 3.8) is 0 Å². The highest BCUT2D eigenvalue weighted by Crippen LogP contribution is 2.27. The quantitative estimate of drug-likeness (QED) is 0.861. The summed E-state index contributed by atoms with van der Waals surface area (Å²) in [6.07, 6.45) is 3.30. The Morgan fingerprint density at radius 3 is 2.67 bits per heavy atom. The molecule has 0 bridgehead atoms. The lowest BCUT2D eigenvalue weighted by atomic mass is 10.1. The molecule has 0 radical (unpaired) electrons. The maximum absolute atomic E-state index is 13.3. The van der Waals surface area contributed by atoms with Gasteiger partial charge in [0.1, 0.15) is 17.7 Å². The second kappa shape index (κ2) is 6.32. The molecule has 2 aromatic rings. The lowest BCUT2D eigenvalue weighted by molar-refractivity contribution is 0.192. The molecule has 7 heteroatoms. The topological polar surface area (TPSA) is 41.5 Å². The summed E-state index contributed by atoms with van der Waals surface area (Å²) in [6, 6.07) is 6.59. The van der Waals surface area contributed by atoms with Gasteiger partial charge in [0, 0.05) is 44.7 Å². The minimum absolute atomic E-state index is 0.0471. The van der Waals surface area contributed by atoms with E-state index in [-0.39, 0.29) is 11.9 Å². The van der Waals surface area contributed by atoms with Crippen LogP contribution in [0.1, 0.15) is 6.42 Å². The SMILES string of the molecule is Fc1cnc(N2CCN3C[C@H](Oc4cccc(F)c4)C[C@H]3C2)nc1. The van der Waals surface area contributed by atoms with E-state index in [4.69, 9.17) is 4.74 Å². The van der Waals surface area contributed by atoms with Crippen molar-refractivity contribution in [3.8, 4) is 5.75 Å². The van der Waals surface area contributed by atoms with Gasteiger partial charge in [0.25, 0.3) is 0 Å². The van der Waals surface area contributed by atoms with Crippen molar-refractivity contribution in [2.45, 2.75) is 18.6 Å². The van der Waals surface area contributed by atoms with Crippen LogP contribution in [-0.4, -0.2) is 53.2 Å². The van der Waals surface area contributed by atoms with Crippen molar-refractivity contribution in [1.29, 1.82) is 0 Å². The van der Waals surface area contributed by atoms with Gasteiger partial charge in [0.2, 0.25) is 5.95 Å². The molecule has 0 unspecified atom stereocenters. The Bertz CT molecular complexity index is 712. The fourth-order valence-electron chi connectivity index (χ4n) is 3.46. The van der Waals surface area contributed by atoms with Crippen molar-refractivity contribution in [1.82, 2.24) is 14.9 Å². The van der Waals surface area contributed by atoms with Crippen LogP contribution in [0, 0.1) is 11.6 Å². The van der Waals surface area contributed by atoms with Gasteiger partial charge in [-0.15, -0.1) is 0 Å². The second-order valence-corrected chi connectivity index (χ2v) is 6.23. The summed E-state index contributed by atoms with van der Waals surface area (Å²) in [5.74, 6) is 0.411. The Morgan fingerprint density at radius 1 is 1.04 bits per heavy atom. The summed E-state index contributed by atoms with van der Waals surface area (Å²) in [4.78, 5) is 12.6. The van der Waals surface area contributed by atoms with E-state index in [0.717, 1.165) is 32.6 Å². The average Bonchev–Trinajstić information content (AvgIpc) is 2.97. The molecule has 0 aliphatic carbocycles. The van der Waals surface area contributed by atoms with Gasteiger partial charge < -0.3 is 9.64 Å². The van der Waals surface area contributed by atoms with Gasteiger partial charge in [-0.05, 0) is 12.1 Å². The van der Waals surface area contributed by atoms with Crippen LogP contribution in [0.3, 0.4) is 0 Å². The Kier molecular flexibility index (Phi) is 4.02. The lowest BCUT2D eigenvalue weighted by Crippen LogP contribution is -2.50. The lowest BCUT2D eigenvalue weighted by Gasteiger charge is -2.37. The molecule has 2 aliphatic rings. The molecule has 0 saturated carbocycles. The molecule has 4 rings (SSSR count). The van der Waals surface area contributed by atoms with Crippen LogP contribution in [-0.2, 0) is 0 Å². The van der Waals surface area contributed by atoms with Gasteiger partial charge in [0.05, 0.1) is 12.4 Å². The summed E-state index contributed by atoms with van der Waals surface area (Å²) in [5.41, 5.74) is 0. The Labute approximate surface area is 138 Å². The van der Waals surface area contributed by atoms with Crippen LogP contribution in [0.25, 0.3) is 0 Å². The first-order chi connectivity index (χ1) is 11.7. The third-order valence-corrected chi connectivity index (χ3v) is 4.57. The number of hydrogen-bond donors (Lipinski definition) is 0. The predicted molar refractivity (Wildman–Crippen MR) is 85.0 cm³/mol. The first kappa shape index (κ1) is 15.3. The predicted octanol–water partition coefficient (Wildman–Crippen LogP) is 2.10. The van der Waals surface area contributed by atoms with Crippen LogP contribution in [0.15, 0.2) is 36.7 Å². The summed E-state index contributed by atoms with van der Waals surface area (Å²) < 4.78 is 32.2. The molecule has 0 amide bonds. The van der Waals surface area contributed by atoms with E-state index in [1.807, 2.05) is 0 Å². The Hall–Kier alpha value is -2.28. The van der Waals surface area contributed by atoms with E-state index >= 15 is 0 Å². The summed E-state index contributed by atoms with van der Waals surface area (Å²) in [7, 11) is 0. The molecule has 0 spiro atoms. The van der Waals surface area contributed by atoms with Crippen molar-refractivity contribution in [3.05, 3.63) is 48.3 Å². The molecular formula is C17H18F2N4O. The highest BCUT2D eigenvalue weighted by atomic mass is 19.1. The zero-order valence-electron chi connectivity index (χ0n) is 13.1. The number of anilines is 1. The minimum atomic E-state index is -0.429. The maximum atomic E-state index is 13.3. The van der Waals surface area contributed by atoms with Gasteiger partial charge in [-0.3, -0.25) is 4.90 Å². The smallest absolute Gasteiger partial charge is 0.225 e. The number of fused-ring (bicyclic) bond motifs is 1. The number of aromatic nitrogens is 2. The van der Waals surface area contributed by atoms with E-state index in [1.165, 1.54) is 24.5 Å². The molecule has 2 atom stereocenters.